The fourth-order valence-corrected chi connectivity index (χ4v) is 2.96. The molecule has 28 heavy (non-hydrogen) atoms. The summed E-state index contributed by atoms with van der Waals surface area (Å²) in [7, 11) is 0. The van der Waals surface area contributed by atoms with Crippen molar-refractivity contribution >= 4 is 28.5 Å². The van der Waals surface area contributed by atoms with E-state index in [0.717, 1.165) is 17.5 Å². The maximum absolute atomic E-state index is 12.4. The largest absolute Gasteiger partial charge is 0.486 e. The summed E-state index contributed by atoms with van der Waals surface area (Å²) in [4.78, 5) is 17.0. The van der Waals surface area contributed by atoms with Gasteiger partial charge in [0, 0.05) is 24.8 Å². The molecule has 1 N–H and O–H groups in total. The molecule has 3 rings (SSSR count). The van der Waals surface area contributed by atoms with Crippen LogP contribution in [0.4, 0.5) is 0 Å². The fourth-order valence-electron chi connectivity index (χ4n) is 2.84. The molecule has 1 aromatic heterocycles. The zero-order chi connectivity index (χ0) is 19.8. The summed E-state index contributed by atoms with van der Waals surface area (Å²) < 4.78 is 13.0. The molecule has 7 heteroatoms. The van der Waals surface area contributed by atoms with E-state index >= 15 is 0 Å². The van der Waals surface area contributed by atoms with Gasteiger partial charge in [-0.3, -0.25) is 4.79 Å². The molecule has 0 atom stereocenters. The third-order valence-electron chi connectivity index (χ3n) is 4.21. The topological polar surface area (TPSA) is 65.4 Å². The number of carbonyl (C=O) groups excluding carboxylic acids is 1. The lowest BCUT2D eigenvalue weighted by atomic mass is 10.3. The Labute approximate surface area is 169 Å². The van der Waals surface area contributed by atoms with Crippen LogP contribution in [0.1, 0.15) is 19.2 Å². The van der Waals surface area contributed by atoms with Crippen molar-refractivity contribution in [3.05, 3.63) is 59.4 Å². The number of aromatic nitrogens is 2. The van der Waals surface area contributed by atoms with E-state index in [1.54, 1.807) is 24.3 Å². The Morgan fingerprint density at radius 3 is 2.75 bits per heavy atom. The van der Waals surface area contributed by atoms with E-state index in [-0.39, 0.29) is 19.1 Å². The molecule has 148 valence electrons. The smallest absolute Gasteiger partial charge is 0.240 e. The molecule has 1 amide bonds. The van der Waals surface area contributed by atoms with Crippen molar-refractivity contribution in [2.75, 3.05) is 19.8 Å². The average molecular weight is 402 g/mol. The number of ether oxygens (including phenoxy) is 2. The maximum Gasteiger partial charge on any atom is 0.240 e. The number of imidazole rings is 1. The molecule has 0 saturated carbocycles. The molecule has 0 saturated heterocycles. The molecule has 0 fully saturated rings. The molecule has 0 aliphatic rings. The minimum atomic E-state index is -0.0626. The zero-order valence-corrected chi connectivity index (χ0v) is 16.6. The number of nitrogens with zero attached hydrogens (tertiary/aromatic N) is 2. The summed E-state index contributed by atoms with van der Waals surface area (Å²) in [6, 6.07) is 14.9. The highest BCUT2D eigenvalue weighted by molar-refractivity contribution is 6.30. The summed E-state index contributed by atoms with van der Waals surface area (Å²) in [6.07, 6.45) is 0.788. The predicted molar refractivity (Wildman–Crippen MR) is 110 cm³/mol. The van der Waals surface area contributed by atoms with E-state index in [1.807, 2.05) is 35.8 Å². The third kappa shape index (κ3) is 5.47. The average Bonchev–Trinajstić information content (AvgIpc) is 3.05. The lowest BCUT2D eigenvalue weighted by Crippen LogP contribution is -2.29. The first-order chi connectivity index (χ1) is 13.7. The fraction of sp³-hybridized carbons (Fsp3) is 0.333. The molecule has 3 aromatic rings. The van der Waals surface area contributed by atoms with Gasteiger partial charge in [-0.25, -0.2) is 4.98 Å². The summed E-state index contributed by atoms with van der Waals surface area (Å²) in [5, 5.41) is 3.58. The highest BCUT2D eigenvalue weighted by atomic mass is 35.5. The van der Waals surface area contributed by atoms with Crippen molar-refractivity contribution in [2.45, 2.75) is 26.5 Å². The van der Waals surface area contributed by atoms with Crippen LogP contribution in [0.15, 0.2) is 48.5 Å². The van der Waals surface area contributed by atoms with Crippen molar-refractivity contribution in [3.63, 3.8) is 0 Å². The molecule has 2 aromatic carbocycles. The van der Waals surface area contributed by atoms with Gasteiger partial charge in [-0.05, 0) is 49.7 Å². The highest BCUT2D eigenvalue weighted by Gasteiger charge is 2.14. The number of rotatable bonds is 10. The number of hydrogen-bond donors (Lipinski definition) is 1. The van der Waals surface area contributed by atoms with Gasteiger partial charge in [-0.15, -0.1) is 0 Å². The monoisotopic (exact) mass is 401 g/mol. The van der Waals surface area contributed by atoms with Gasteiger partial charge in [0.05, 0.1) is 11.0 Å². The van der Waals surface area contributed by atoms with Crippen molar-refractivity contribution in [1.82, 2.24) is 14.9 Å². The third-order valence-corrected chi connectivity index (χ3v) is 4.46. The second kappa shape index (κ2) is 10.1. The standard InChI is InChI=1S/C21H24ClN3O3/c1-2-27-13-5-12-23-21(26)14-25-19-7-4-3-6-18(19)24-20(25)15-28-17-10-8-16(22)9-11-17/h3-4,6-11H,2,5,12-15H2,1H3,(H,23,26). The van der Waals surface area contributed by atoms with Crippen molar-refractivity contribution < 1.29 is 14.3 Å². The predicted octanol–water partition coefficient (Wildman–Crippen LogP) is 3.81. The van der Waals surface area contributed by atoms with Gasteiger partial charge < -0.3 is 19.4 Å². The Kier molecular flexibility index (Phi) is 7.28. The minimum Gasteiger partial charge on any atom is -0.486 e. The number of halogens is 1. The SMILES string of the molecule is CCOCCCNC(=O)Cn1c(COc2ccc(Cl)cc2)nc2ccccc21. The molecule has 0 bridgehead atoms. The Morgan fingerprint density at radius 2 is 1.96 bits per heavy atom. The van der Waals surface area contributed by atoms with Crippen LogP contribution < -0.4 is 10.1 Å². The van der Waals surface area contributed by atoms with Crippen LogP contribution in [0.3, 0.4) is 0 Å². The first kappa shape index (κ1) is 20.2. The van der Waals surface area contributed by atoms with Gasteiger partial charge in [0.15, 0.2) is 0 Å². The zero-order valence-electron chi connectivity index (χ0n) is 15.9. The van der Waals surface area contributed by atoms with Crippen molar-refractivity contribution in [1.29, 1.82) is 0 Å². The van der Waals surface area contributed by atoms with Gasteiger partial charge in [0.1, 0.15) is 24.7 Å². The van der Waals surface area contributed by atoms with Gasteiger partial charge >= 0.3 is 0 Å². The first-order valence-corrected chi connectivity index (χ1v) is 9.72. The number of para-hydroxylation sites is 2. The Bertz CT molecular complexity index is 909. The number of benzene rings is 2. The Balaban J connectivity index is 1.68. The molecule has 0 unspecified atom stereocenters. The molecule has 1 heterocycles. The summed E-state index contributed by atoms with van der Waals surface area (Å²) in [5.41, 5.74) is 1.74. The van der Waals surface area contributed by atoms with E-state index in [9.17, 15) is 4.79 Å². The second-order valence-electron chi connectivity index (χ2n) is 6.25. The van der Waals surface area contributed by atoms with Crippen LogP contribution in [0.5, 0.6) is 5.75 Å². The van der Waals surface area contributed by atoms with Crippen LogP contribution >= 0.6 is 11.6 Å². The molecule has 0 spiro atoms. The molecule has 0 radical (unpaired) electrons. The van der Waals surface area contributed by atoms with Gasteiger partial charge in [-0.1, -0.05) is 23.7 Å². The lowest BCUT2D eigenvalue weighted by molar-refractivity contribution is -0.121. The first-order valence-electron chi connectivity index (χ1n) is 9.34. The number of hydrogen-bond acceptors (Lipinski definition) is 4. The van der Waals surface area contributed by atoms with Crippen molar-refractivity contribution in [3.8, 4) is 5.75 Å². The second-order valence-corrected chi connectivity index (χ2v) is 6.68. The van der Waals surface area contributed by atoms with Gasteiger partial charge in [0.25, 0.3) is 0 Å². The van der Waals surface area contributed by atoms with Crippen LogP contribution in [0.2, 0.25) is 5.02 Å². The van der Waals surface area contributed by atoms with Crippen molar-refractivity contribution in [2.24, 2.45) is 0 Å². The lowest BCUT2D eigenvalue weighted by Gasteiger charge is -2.11. The molecule has 0 aliphatic heterocycles. The summed E-state index contributed by atoms with van der Waals surface area (Å²) in [5.74, 6) is 1.33. The van der Waals surface area contributed by atoms with E-state index in [2.05, 4.69) is 10.3 Å². The number of fused-ring (bicyclic) bond motifs is 1. The van der Waals surface area contributed by atoms with E-state index < -0.39 is 0 Å². The molecule has 0 aliphatic carbocycles. The van der Waals surface area contributed by atoms with E-state index in [0.29, 0.717) is 36.4 Å². The summed E-state index contributed by atoms with van der Waals surface area (Å²) in [6.45, 7) is 4.32. The van der Waals surface area contributed by atoms with Crippen LogP contribution in [0, 0.1) is 0 Å². The quantitative estimate of drug-likeness (QED) is 0.524. The Morgan fingerprint density at radius 1 is 1.18 bits per heavy atom. The molecule has 6 nitrogen and oxygen atoms in total. The van der Waals surface area contributed by atoms with E-state index in [4.69, 9.17) is 21.1 Å². The minimum absolute atomic E-state index is 0.0626. The summed E-state index contributed by atoms with van der Waals surface area (Å²) >= 11 is 5.91. The van der Waals surface area contributed by atoms with Gasteiger partial charge in [0.2, 0.25) is 5.91 Å². The van der Waals surface area contributed by atoms with Crippen LogP contribution in [-0.4, -0.2) is 35.2 Å². The number of carbonyl (C=O) groups is 1. The number of nitrogens with one attached hydrogen (secondary N) is 1. The number of amides is 1. The molecular weight excluding hydrogens is 378 g/mol. The van der Waals surface area contributed by atoms with E-state index in [1.165, 1.54) is 0 Å². The maximum atomic E-state index is 12.4. The van der Waals surface area contributed by atoms with Crippen LogP contribution in [0.25, 0.3) is 11.0 Å². The Hall–Kier alpha value is -2.57. The molecular formula is C21H24ClN3O3. The van der Waals surface area contributed by atoms with Gasteiger partial charge in [-0.2, -0.15) is 0 Å². The highest BCUT2D eigenvalue weighted by Crippen LogP contribution is 2.20. The normalized spacial score (nSPS) is 10.9. The van der Waals surface area contributed by atoms with Crippen LogP contribution in [-0.2, 0) is 22.7 Å².